The molecule has 0 unspecified atom stereocenters. The number of nitrogens with one attached hydrogen (secondary N) is 2. The van der Waals surface area contributed by atoms with E-state index in [1.807, 2.05) is 25.1 Å². The third-order valence-corrected chi connectivity index (χ3v) is 3.90. The van der Waals surface area contributed by atoms with Crippen LogP contribution >= 0.6 is 0 Å². The number of benzene rings is 2. The molecular formula is C20H21N3O5. The molecule has 0 aromatic heterocycles. The van der Waals surface area contributed by atoms with Crippen molar-refractivity contribution < 1.29 is 23.8 Å². The highest BCUT2D eigenvalue weighted by Crippen LogP contribution is 2.34. The topological polar surface area (TPSA) is 98.3 Å². The lowest BCUT2D eigenvalue weighted by Gasteiger charge is -2.08. The summed E-state index contributed by atoms with van der Waals surface area (Å²) in [6.45, 7) is 3.56. The normalized spacial score (nSPS) is 12.4. The van der Waals surface area contributed by atoms with Gasteiger partial charge >= 0.3 is 0 Å². The molecule has 2 N–H and O–H groups in total. The maximum atomic E-state index is 12.1. The van der Waals surface area contributed by atoms with Crippen LogP contribution in [0.5, 0.6) is 17.2 Å². The molecule has 0 bridgehead atoms. The number of aryl methyl sites for hydroxylation is 1. The monoisotopic (exact) mass is 383 g/mol. The van der Waals surface area contributed by atoms with Crippen molar-refractivity contribution in [2.45, 2.75) is 20.3 Å². The molecule has 0 spiro atoms. The van der Waals surface area contributed by atoms with Crippen molar-refractivity contribution in [2.75, 3.05) is 18.7 Å². The predicted molar refractivity (Wildman–Crippen MR) is 104 cm³/mol. The van der Waals surface area contributed by atoms with Gasteiger partial charge in [-0.15, -0.1) is 0 Å². The molecule has 1 aliphatic rings. The first-order valence-electron chi connectivity index (χ1n) is 8.71. The van der Waals surface area contributed by atoms with Gasteiger partial charge in [-0.3, -0.25) is 9.59 Å². The average Bonchev–Trinajstić information content (AvgIpc) is 3.13. The van der Waals surface area contributed by atoms with Gasteiger partial charge in [0, 0.05) is 17.5 Å². The highest BCUT2D eigenvalue weighted by atomic mass is 16.7. The molecule has 0 aliphatic carbocycles. The molecule has 1 heterocycles. The first-order chi connectivity index (χ1) is 13.5. The van der Waals surface area contributed by atoms with Gasteiger partial charge in [0.25, 0.3) is 5.91 Å². The number of carbonyl (C=O) groups is 2. The van der Waals surface area contributed by atoms with E-state index in [2.05, 4.69) is 15.8 Å². The molecule has 0 radical (unpaired) electrons. The molecule has 2 aromatic rings. The van der Waals surface area contributed by atoms with E-state index in [-0.39, 0.29) is 25.7 Å². The van der Waals surface area contributed by atoms with Crippen LogP contribution in [0, 0.1) is 6.92 Å². The number of carbonyl (C=O) groups excluding carboxylic acids is 2. The first kappa shape index (κ1) is 19.2. The minimum absolute atomic E-state index is 0.0351. The Morgan fingerprint density at radius 1 is 1.11 bits per heavy atom. The van der Waals surface area contributed by atoms with Crippen LogP contribution in [-0.2, 0) is 9.59 Å². The zero-order valence-corrected chi connectivity index (χ0v) is 15.7. The maximum Gasteiger partial charge on any atom is 0.277 e. The number of para-hydroxylation sites is 1. The van der Waals surface area contributed by atoms with Crippen molar-refractivity contribution in [3.8, 4) is 17.2 Å². The fraction of sp³-hybridized carbons (Fsp3) is 0.250. The lowest BCUT2D eigenvalue weighted by Crippen LogP contribution is -2.26. The molecule has 3 rings (SSSR count). The van der Waals surface area contributed by atoms with Crippen molar-refractivity contribution >= 4 is 23.2 Å². The van der Waals surface area contributed by atoms with Gasteiger partial charge in [0.15, 0.2) is 18.1 Å². The molecule has 8 heteroatoms. The van der Waals surface area contributed by atoms with Gasteiger partial charge in [-0.1, -0.05) is 18.2 Å². The minimum atomic E-state index is -0.404. The van der Waals surface area contributed by atoms with E-state index >= 15 is 0 Å². The van der Waals surface area contributed by atoms with Crippen LogP contribution in [0.3, 0.4) is 0 Å². The molecule has 2 aromatic carbocycles. The maximum absolute atomic E-state index is 12.1. The van der Waals surface area contributed by atoms with Crippen molar-refractivity contribution in [1.82, 2.24) is 5.43 Å². The van der Waals surface area contributed by atoms with Crippen LogP contribution in [0.1, 0.15) is 18.9 Å². The number of rotatable bonds is 7. The highest BCUT2D eigenvalue weighted by Gasteiger charge is 2.14. The number of anilines is 1. The number of amides is 2. The number of hydrogen-bond donors (Lipinski definition) is 2. The number of ether oxygens (including phenoxy) is 3. The Bertz CT molecular complexity index is 910. The van der Waals surface area contributed by atoms with Gasteiger partial charge in [-0.05, 0) is 37.6 Å². The second-order valence-electron chi connectivity index (χ2n) is 6.23. The van der Waals surface area contributed by atoms with Crippen LogP contribution < -0.4 is 25.0 Å². The lowest BCUT2D eigenvalue weighted by atomic mass is 10.2. The fourth-order valence-electron chi connectivity index (χ4n) is 2.50. The quantitative estimate of drug-likeness (QED) is 0.566. The Morgan fingerprint density at radius 2 is 1.89 bits per heavy atom. The van der Waals surface area contributed by atoms with E-state index in [1.54, 1.807) is 31.2 Å². The zero-order valence-electron chi connectivity index (χ0n) is 15.7. The van der Waals surface area contributed by atoms with Crippen LogP contribution in [0.2, 0.25) is 0 Å². The van der Waals surface area contributed by atoms with Gasteiger partial charge < -0.3 is 19.5 Å². The summed E-state index contributed by atoms with van der Waals surface area (Å²) in [5.41, 5.74) is 4.38. The number of hydrazone groups is 1. The summed E-state index contributed by atoms with van der Waals surface area (Å²) < 4.78 is 15.9. The smallest absolute Gasteiger partial charge is 0.277 e. The Hall–Kier alpha value is -3.55. The Morgan fingerprint density at radius 3 is 2.71 bits per heavy atom. The first-order valence-corrected chi connectivity index (χ1v) is 8.71. The minimum Gasteiger partial charge on any atom is -0.483 e. The van der Waals surface area contributed by atoms with E-state index in [0.717, 1.165) is 5.56 Å². The van der Waals surface area contributed by atoms with Gasteiger partial charge in [0.1, 0.15) is 5.75 Å². The molecule has 0 saturated carbocycles. The standard InChI is InChI=1S/C20H21N3O5/c1-13-5-3-4-6-16(13)26-11-20(25)23-22-14(2)9-19(24)21-15-7-8-17-18(10-15)28-12-27-17/h3-8,10H,9,11-12H2,1-2H3,(H,21,24)(H,23,25)/b22-14-. The number of fused-ring (bicyclic) bond motifs is 1. The Labute approximate surface area is 162 Å². The fourth-order valence-corrected chi connectivity index (χ4v) is 2.50. The van der Waals surface area contributed by atoms with Crippen LogP contribution in [0.15, 0.2) is 47.6 Å². The van der Waals surface area contributed by atoms with Crippen molar-refractivity contribution in [3.05, 3.63) is 48.0 Å². The number of nitrogens with zero attached hydrogens (tertiary/aromatic N) is 1. The largest absolute Gasteiger partial charge is 0.483 e. The van der Waals surface area contributed by atoms with E-state index < -0.39 is 5.91 Å². The van der Waals surface area contributed by atoms with Gasteiger partial charge in [-0.25, -0.2) is 5.43 Å². The second-order valence-corrected chi connectivity index (χ2v) is 6.23. The van der Waals surface area contributed by atoms with Crippen molar-refractivity contribution in [2.24, 2.45) is 5.10 Å². The molecule has 8 nitrogen and oxygen atoms in total. The summed E-state index contributed by atoms with van der Waals surface area (Å²) in [4.78, 5) is 24.0. The zero-order chi connectivity index (χ0) is 19.9. The second kappa shape index (κ2) is 8.90. The molecule has 28 heavy (non-hydrogen) atoms. The molecule has 0 atom stereocenters. The van der Waals surface area contributed by atoms with Crippen LogP contribution in [-0.4, -0.2) is 30.9 Å². The molecule has 0 fully saturated rings. The van der Waals surface area contributed by atoms with Crippen LogP contribution in [0.4, 0.5) is 5.69 Å². The predicted octanol–water partition coefficient (Wildman–Crippen LogP) is 2.62. The van der Waals surface area contributed by atoms with Crippen molar-refractivity contribution in [3.63, 3.8) is 0 Å². The summed E-state index contributed by atoms with van der Waals surface area (Å²) >= 11 is 0. The van der Waals surface area contributed by atoms with E-state index in [0.29, 0.717) is 28.6 Å². The summed E-state index contributed by atoms with van der Waals surface area (Å²) in [5.74, 6) is 1.21. The number of hydrogen-bond acceptors (Lipinski definition) is 6. The SMILES string of the molecule is C/C(CC(=O)Nc1ccc2c(c1)OCO2)=N/NC(=O)COc1ccccc1C. The summed E-state index contributed by atoms with van der Waals surface area (Å²) in [7, 11) is 0. The third-order valence-electron chi connectivity index (χ3n) is 3.90. The van der Waals surface area contributed by atoms with Gasteiger partial charge in [0.2, 0.25) is 12.7 Å². The van der Waals surface area contributed by atoms with Gasteiger partial charge in [-0.2, -0.15) is 5.10 Å². The van der Waals surface area contributed by atoms with Crippen LogP contribution in [0.25, 0.3) is 0 Å². The van der Waals surface area contributed by atoms with Crippen molar-refractivity contribution in [1.29, 1.82) is 0 Å². The summed E-state index contributed by atoms with van der Waals surface area (Å²) in [6, 6.07) is 12.6. The molecule has 146 valence electrons. The Kier molecular flexibility index (Phi) is 6.11. The van der Waals surface area contributed by atoms with E-state index in [4.69, 9.17) is 14.2 Å². The lowest BCUT2D eigenvalue weighted by molar-refractivity contribution is -0.123. The molecule has 1 aliphatic heterocycles. The average molecular weight is 383 g/mol. The summed E-state index contributed by atoms with van der Waals surface area (Å²) in [5, 5.41) is 6.68. The molecule has 0 saturated heterocycles. The van der Waals surface area contributed by atoms with E-state index in [9.17, 15) is 9.59 Å². The highest BCUT2D eigenvalue weighted by molar-refractivity contribution is 6.05. The summed E-state index contributed by atoms with van der Waals surface area (Å²) in [6.07, 6.45) is 0.0351. The van der Waals surface area contributed by atoms with Gasteiger partial charge in [0.05, 0.1) is 6.42 Å². The Balaban J connectivity index is 1.44. The third kappa shape index (κ3) is 5.23. The van der Waals surface area contributed by atoms with E-state index in [1.165, 1.54) is 0 Å². The molecule has 2 amide bonds. The molecular weight excluding hydrogens is 362 g/mol.